The Kier molecular flexibility index (Phi) is 8.15. The molecule has 25 heavy (non-hydrogen) atoms. The van der Waals surface area contributed by atoms with Crippen LogP contribution in [0.15, 0.2) is 11.3 Å². The lowest BCUT2D eigenvalue weighted by atomic mass is 9.74. The smallest absolute Gasteiger partial charge is 0.448 e. The fourth-order valence-corrected chi connectivity index (χ4v) is 4.49. The maximum absolute atomic E-state index is 13.5. The second kappa shape index (κ2) is 9.87. The van der Waals surface area contributed by atoms with Crippen molar-refractivity contribution in [3.63, 3.8) is 0 Å². The lowest BCUT2D eigenvalue weighted by Crippen LogP contribution is -2.30. The van der Waals surface area contributed by atoms with Gasteiger partial charge in [0, 0.05) is 0 Å². The van der Waals surface area contributed by atoms with Crippen LogP contribution in [0, 0.1) is 11.8 Å². The first-order valence-electron chi connectivity index (χ1n) is 10.4. The van der Waals surface area contributed by atoms with E-state index < -0.39 is 11.9 Å². The van der Waals surface area contributed by atoms with E-state index in [1.165, 1.54) is 25.7 Å². The SMILES string of the molecule is CCCCCC1CCC(C2=C(C(F)(F)F)OC(CCCC)CC2)CC1. The van der Waals surface area contributed by atoms with Crippen LogP contribution in [0.4, 0.5) is 13.2 Å². The van der Waals surface area contributed by atoms with Gasteiger partial charge >= 0.3 is 6.18 Å². The van der Waals surface area contributed by atoms with Crippen LogP contribution in [0.2, 0.25) is 0 Å². The molecule has 0 radical (unpaired) electrons. The topological polar surface area (TPSA) is 9.23 Å². The Hall–Kier alpha value is -0.670. The molecule has 2 rings (SSSR count). The van der Waals surface area contributed by atoms with Crippen molar-refractivity contribution < 1.29 is 17.9 Å². The van der Waals surface area contributed by atoms with Crippen LogP contribution < -0.4 is 0 Å². The second-order valence-corrected chi connectivity index (χ2v) is 7.99. The minimum absolute atomic E-state index is 0.0891. The Balaban J connectivity index is 1.97. The first kappa shape index (κ1) is 20.6. The fourth-order valence-electron chi connectivity index (χ4n) is 4.49. The molecule has 0 amide bonds. The van der Waals surface area contributed by atoms with Gasteiger partial charge in [0.25, 0.3) is 0 Å². The maximum Gasteiger partial charge on any atom is 0.448 e. The number of unbranched alkanes of at least 4 members (excludes halogenated alkanes) is 3. The molecule has 2 aliphatic rings. The zero-order chi connectivity index (χ0) is 18.3. The summed E-state index contributed by atoms with van der Waals surface area (Å²) in [6, 6.07) is 0. The Morgan fingerprint density at radius 1 is 0.880 bits per heavy atom. The van der Waals surface area contributed by atoms with E-state index in [-0.39, 0.29) is 12.0 Å². The third kappa shape index (κ3) is 6.21. The summed E-state index contributed by atoms with van der Waals surface area (Å²) in [4.78, 5) is 0. The Labute approximate surface area is 151 Å². The molecule has 0 bridgehead atoms. The quantitative estimate of drug-likeness (QED) is 0.406. The average molecular weight is 361 g/mol. The standard InChI is InChI=1S/C21H35F3O/c1-3-5-7-8-16-10-12-17(13-11-16)19-15-14-18(9-6-4-2)25-20(19)21(22,23)24/h16-18H,3-15H2,1-2H3. The summed E-state index contributed by atoms with van der Waals surface area (Å²) >= 11 is 0. The Bertz CT molecular complexity index is 419. The van der Waals surface area contributed by atoms with Gasteiger partial charge in [0.1, 0.15) is 0 Å². The molecule has 1 fully saturated rings. The molecule has 0 aromatic rings. The molecule has 0 aromatic carbocycles. The van der Waals surface area contributed by atoms with Crippen molar-refractivity contribution in [2.24, 2.45) is 11.8 Å². The molecule has 146 valence electrons. The van der Waals surface area contributed by atoms with Gasteiger partial charge in [-0.2, -0.15) is 13.2 Å². The number of hydrogen-bond donors (Lipinski definition) is 0. The number of rotatable bonds is 8. The predicted octanol–water partition coefficient (Wildman–Crippen LogP) is 7.56. The molecule has 1 nitrogen and oxygen atoms in total. The molecule has 0 spiro atoms. The molecule has 1 saturated carbocycles. The fraction of sp³-hybridized carbons (Fsp3) is 0.905. The number of allylic oxidation sites excluding steroid dienone is 2. The molecule has 1 aliphatic carbocycles. The minimum atomic E-state index is -4.34. The van der Waals surface area contributed by atoms with Crippen LogP contribution >= 0.6 is 0 Å². The van der Waals surface area contributed by atoms with E-state index >= 15 is 0 Å². The van der Waals surface area contributed by atoms with Gasteiger partial charge in [-0.05, 0) is 62.4 Å². The summed E-state index contributed by atoms with van der Waals surface area (Å²) in [5, 5.41) is 0. The molecule has 4 heteroatoms. The molecule has 0 N–H and O–H groups in total. The summed E-state index contributed by atoms with van der Waals surface area (Å²) in [5.41, 5.74) is 0.576. The van der Waals surface area contributed by atoms with E-state index in [4.69, 9.17) is 4.74 Å². The zero-order valence-corrected chi connectivity index (χ0v) is 16.0. The van der Waals surface area contributed by atoms with E-state index in [0.717, 1.165) is 57.3 Å². The van der Waals surface area contributed by atoms with Crippen molar-refractivity contribution in [3.05, 3.63) is 11.3 Å². The Morgan fingerprint density at radius 2 is 1.56 bits per heavy atom. The highest BCUT2D eigenvalue weighted by atomic mass is 19.4. The van der Waals surface area contributed by atoms with Crippen molar-refractivity contribution >= 4 is 0 Å². The summed E-state index contributed by atoms with van der Waals surface area (Å²) in [7, 11) is 0. The van der Waals surface area contributed by atoms with Gasteiger partial charge in [0.15, 0.2) is 0 Å². The summed E-state index contributed by atoms with van der Waals surface area (Å²) in [5.74, 6) is 0.181. The molecule has 0 aromatic heterocycles. The highest BCUT2D eigenvalue weighted by Crippen LogP contribution is 2.45. The van der Waals surface area contributed by atoms with Gasteiger partial charge < -0.3 is 4.74 Å². The van der Waals surface area contributed by atoms with Crippen molar-refractivity contribution in [3.8, 4) is 0 Å². The molecule has 1 aliphatic heterocycles. The first-order valence-corrected chi connectivity index (χ1v) is 10.4. The van der Waals surface area contributed by atoms with E-state index in [2.05, 4.69) is 13.8 Å². The lowest BCUT2D eigenvalue weighted by Gasteiger charge is -2.36. The monoisotopic (exact) mass is 360 g/mol. The lowest BCUT2D eigenvalue weighted by molar-refractivity contribution is -0.147. The van der Waals surface area contributed by atoms with Crippen LogP contribution in [0.3, 0.4) is 0 Å². The highest BCUT2D eigenvalue weighted by Gasteiger charge is 2.43. The van der Waals surface area contributed by atoms with Crippen molar-refractivity contribution in [2.45, 2.75) is 110 Å². The van der Waals surface area contributed by atoms with Crippen molar-refractivity contribution in [2.75, 3.05) is 0 Å². The number of hydrogen-bond acceptors (Lipinski definition) is 1. The third-order valence-corrected chi connectivity index (χ3v) is 6.00. The van der Waals surface area contributed by atoms with E-state index in [9.17, 15) is 13.2 Å². The molecule has 1 heterocycles. The van der Waals surface area contributed by atoms with Crippen molar-refractivity contribution in [1.82, 2.24) is 0 Å². The molecule has 1 atom stereocenters. The van der Waals surface area contributed by atoms with E-state index in [1.54, 1.807) is 0 Å². The van der Waals surface area contributed by atoms with Gasteiger partial charge in [-0.15, -0.1) is 0 Å². The van der Waals surface area contributed by atoms with Crippen LogP contribution in [-0.2, 0) is 4.74 Å². The largest absolute Gasteiger partial charge is 0.486 e. The van der Waals surface area contributed by atoms with Gasteiger partial charge in [-0.25, -0.2) is 0 Å². The van der Waals surface area contributed by atoms with E-state index in [1.807, 2.05) is 0 Å². The zero-order valence-electron chi connectivity index (χ0n) is 16.0. The molecular formula is C21H35F3O. The second-order valence-electron chi connectivity index (χ2n) is 7.99. The Morgan fingerprint density at radius 3 is 2.16 bits per heavy atom. The third-order valence-electron chi connectivity index (χ3n) is 6.00. The minimum Gasteiger partial charge on any atom is -0.486 e. The summed E-state index contributed by atoms with van der Waals surface area (Å²) < 4.78 is 46.1. The summed E-state index contributed by atoms with van der Waals surface area (Å²) in [6.07, 6.45) is 8.45. The number of ether oxygens (including phenoxy) is 1. The normalized spacial score (nSPS) is 28.1. The van der Waals surface area contributed by atoms with Gasteiger partial charge in [-0.3, -0.25) is 0 Å². The van der Waals surface area contributed by atoms with Gasteiger partial charge in [-0.1, -0.05) is 52.4 Å². The number of halogens is 3. The van der Waals surface area contributed by atoms with Crippen LogP contribution in [0.25, 0.3) is 0 Å². The predicted molar refractivity (Wildman–Crippen MR) is 96.3 cm³/mol. The molecule has 0 saturated heterocycles. The van der Waals surface area contributed by atoms with E-state index in [0.29, 0.717) is 12.0 Å². The summed E-state index contributed by atoms with van der Waals surface area (Å²) in [6.45, 7) is 4.27. The molecule has 1 unspecified atom stereocenters. The average Bonchev–Trinajstić information content (AvgIpc) is 2.60. The first-order chi connectivity index (χ1) is 12.0. The highest BCUT2D eigenvalue weighted by molar-refractivity contribution is 5.20. The van der Waals surface area contributed by atoms with Crippen LogP contribution in [-0.4, -0.2) is 12.3 Å². The van der Waals surface area contributed by atoms with Gasteiger partial charge in [0.05, 0.1) is 6.10 Å². The van der Waals surface area contributed by atoms with Crippen LogP contribution in [0.5, 0.6) is 0 Å². The maximum atomic E-state index is 13.5. The van der Waals surface area contributed by atoms with Crippen molar-refractivity contribution in [1.29, 1.82) is 0 Å². The van der Waals surface area contributed by atoms with Gasteiger partial charge in [0.2, 0.25) is 5.76 Å². The number of alkyl halides is 3. The molecular weight excluding hydrogens is 325 g/mol. The van der Waals surface area contributed by atoms with Crippen LogP contribution in [0.1, 0.15) is 97.3 Å².